The Kier molecular flexibility index (Phi) is 9.66. The first kappa shape index (κ1) is 21.3. The number of allylic oxidation sites excluding steroid dienone is 1. The van der Waals surface area contributed by atoms with E-state index in [-0.39, 0.29) is 17.6 Å². The third-order valence-electron chi connectivity index (χ3n) is 2.72. The van der Waals surface area contributed by atoms with Gasteiger partial charge in [-0.3, -0.25) is 9.11 Å². The third-order valence-corrected chi connectivity index (χ3v) is 2.72. The van der Waals surface area contributed by atoms with Crippen molar-refractivity contribution in [2.24, 2.45) is 5.73 Å². The van der Waals surface area contributed by atoms with Crippen molar-refractivity contribution in [3.8, 4) is 0 Å². The zero-order valence-electron chi connectivity index (χ0n) is 11.6. The maximum atomic E-state index is 8.74. The monoisotopic (exact) mass is 312 g/mol. The predicted molar refractivity (Wildman–Crippen MR) is 76.5 cm³/mol. The zero-order valence-corrected chi connectivity index (χ0v) is 12.4. The van der Waals surface area contributed by atoms with E-state index < -0.39 is 10.4 Å². The Bertz CT molecular complexity index is 438. The normalized spacial score (nSPS) is 21.7. The Hall–Kier alpha value is -0.970. The van der Waals surface area contributed by atoms with Crippen LogP contribution in [0, 0.1) is 0 Å². The fraction of sp³-hybridized carbons (Fsp3) is 0.636. The van der Waals surface area contributed by atoms with Gasteiger partial charge in [0.15, 0.2) is 0 Å². The Balaban J connectivity index is 0. The molecule has 0 bridgehead atoms. The molecule has 0 spiro atoms. The van der Waals surface area contributed by atoms with Gasteiger partial charge in [0, 0.05) is 17.8 Å². The van der Waals surface area contributed by atoms with Crippen molar-refractivity contribution < 1.29 is 28.1 Å². The fourth-order valence-corrected chi connectivity index (χ4v) is 1.68. The number of hydrogen-bond acceptors (Lipinski definition) is 5. The number of rotatable bonds is 4. The van der Waals surface area contributed by atoms with Crippen molar-refractivity contribution in [2.45, 2.75) is 32.2 Å². The molecule has 0 aromatic heterocycles. The fourth-order valence-electron chi connectivity index (χ4n) is 1.68. The van der Waals surface area contributed by atoms with Crippen LogP contribution in [-0.4, -0.2) is 46.8 Å². The van der Waals surface area contributed by atoms with Crippen molar-refractivity contribution in [1.82, 2.24) is 5.32 Å². The average molecular weight is 312 g/mol. The van der Waals surface area contributed by atoms with E-state index in [2.05, 4.69) is 25.2 Å². The van der Waals surface area contributed by atoms with Crippen molar-refractivity contribution in [3.63, 3.8) is 0 Å². The molecular formula is C11H24N2O6S. The standard InChI is InChI=1S/C11H20N2O.H2O4S.H2O/c1-3-11(12)5-4-10(9(2)8-11)13-6-7-14;1-5(2,3)4;/h4-5,13-14H,3,6-8,12H2,1-2H3;(H2,1,2,3,4);1H2. The highest BCUT2D eigenvalue weighted by atomic mass is 32.3. The van der Waals surface area contributed by atoms with Gasteiger partial charge < -0.3 is 21.6 Å². The zero-order chi connectivity index (χ0) is 15.1. The smallest absolute Gasteiger partial charge is 0.394 e. The number of hydrogen-bond donors (Lipinski definition) is 5. The SMILES string of the molecule is CCC1(N)C=CC(NCCO)=C(C)C1.O.O=S(=O)(O)O. The molecule has 0 aromatic rings. The van der Waals surface area contributed by atoms with Crippen molar-refractivity contribution in [1.29, 1.82) is 0 Å². The topological polar surface area (TPSA) is 164 Å². The number of nitrogens with two attached hydrogens (primary N) is 1. The lowest BCUT2D eigenvalue weighted by Gasteiger charge is -2.29. The second-order valence-corrected chi connectivity index (χ2v) is 5.28. The van der Waals surface area contributed by atoms with E-state index in [1.807, 2.05) is 6.08 Å². The molecule has 0 amide bonds. The Morgan fingerprint density at radius 2 is 1.95 bits per heavy atom. The molecule has 20 heavy (non-hydrogen) atoms. The molecule has 1 rings (SSSR count). The first-order valence-electron chi connectivity index (χ1n) is 5.84. The molecule has 0 aromatic carbocycles. The molecule has 1 aliphatic carbocycles. The van der Waals surface area contributed by atoms with E-state index in [1.54, 1.807) is 0 Å². The molecule has 1 aliphatic rings. The molecule has 1 atom stereocenters. The Morgan fingerprint density at radius 3 is 2.30 bits per heavy atom. The van der Waals surface area contributed by atoms with Crippen LogP contribution in [0.2, 0.25) is 0 Å². The summed E-state index contributed by atoms with van der Waals surface area (Å²) in [5.41, 5.74) is 8.34. The van der Waals surface area contributed by atoms with Crippen molar-refractivity contribution >= 4 is 10.4 Å². The minimum absolute atomic E-state index is 0. The van der Waals surface area contributed by atoms with E-state index in [4.69, 9.17) is 28.4 Å². The third kappa shape index (κ3) is 9.89. The summed E-state index contributed by atoms with van der Waals surface area (Å²) in [6.07, 6.45) is 5.93. The molecule has 0 heterocycles. The quantitative estimate of drug-likeness (QED) is 0.434. The van der Waals surface area contributed by atoms with Crippen molar-refractivity contribution in [3.05, 3.63) is 23.4 Å². The van der Waals surface area contributed by atoms with Crippen LogP contribution in [0.25, 0.3) is 0 Å². The van der Waals surface area contributed by atoms with E-state index in [1.165, 1.54) is 5.57 Å². The molecular weight excluding hydrogens is 288 g/mol. The van der Waals surface area contributed by atoms with Crippen molar-refractivity contribution in [2.75, 3.05) is 13.2 Å². The summed E-state index contributed by atoms with van der Waals surface area (Å²) in [5.74, 6) is 0. The van der Waals surface area contributed by atoms with Gasteiger partial charge in [0.25, 0.3) is 0 Å². The summed E-state index contributed by atoms with van der Waals surface area (Å²) in [6.45, 7) is 4.94. The molecule has 8 N–H and O–H groups in total. The van der Waals surface area contributed by atoms with Crippen LogP contribution >= 0.6 is 0 Å². The molecule has 1 unspecified atom stereocenters. The lowest BCUT2D eigenvalue weighted by molar-refractivity contribution is 0.297. The van der Waals surface area contributed by atoms with E-state index in [0.717, 1.165) is 18.5 Å². The van der Waals surface area contributed by atoms with Crippen LogP contribution in [-0.2, 0) is 10.4 Å². The van der Waals surface area contributed by atoms with Gasteiger partial charge in [-0.2, -0.15) is 8.42 Å². The molecule has 0 saturated heterocycles. The highest BCUT2D eigenvalue weighted by Gasteiger charge is 2.23. The van der Waals surface area contributed by atoms with Crippen LogP contribution < -0.4 is 11.1 Å². The molecule has 0 saturated carbocycles. The summed E-state index contributed by atoms with van der Waals surface area (Å²) < 4.78 is 31.6. The number of aliphatic hydroxyl groups excluding tert-OH is 1. The molecule has 0 aliphatic heterocycles. The van der Waals surface area contributed by atoms with Crippen LogP contribution in [0.15, 0.2) is 23.4 Å². The molecule has 8 nitrogen and oxygen atoms in total. The Labute approximate surface area is 119 Å². The highest BCUT2D eigenvalue weighted by molar-refractivity contribution is 7.79. The summed E-state index contributed by atoms with van der Waals surface area (Å²) in [4.78, 5) is 0. The highest BCUT2D eigenvalue weighted by Crippen LogP contribution is 2.25. The van der Waals surface area contributed by atoms with Crippen LogP contribution in [0.1, 0.15) is 26.7 Å². The van der Waals surface area contributed by atoms with Gasteiger partial charge in [-0.1, -0.05) is 13.0 Å². The summed E-state index contributed by atoms with van der Waals surface area (Å²) in [5, 5.41) is 11.9. The first-order valence-corrected chi connectivity index (χ1v) is 7.23. The van der Waals surface area contributed by atoms with Gasteiger partial charge in [-0.05, 0) is 31.4 Å². The second-order valence-electron chi connectivity index (χ2n) is 4.39. The molecule has 120 valence electrons. The van der Waals surface area contributed by atoms with E-state index in [0.29, 0.717) is 6.54 Å². The van der Waals surface area contributed by atoms with Gasteiger partial charge in [-0.15, -0.1) is 0 Å². The van der Waals surface area contributed by atoms with Gasteiger partial charge in [0.1, 0.15) is 0 Å². The Morgan fingerprint density at radius 1 is 1.45 bits per heavy atom. The largest absolute Gasteiger partial charge is 0.412 e. The van der Waals surface area contributed by atoms with Crippen LogP contribution in [0.3, 0.4) is 0 Å². The average Bonchev–Trinajstić information content (AvgIpc) is 2.26. The minimum atomic E-state index is -4.67. The van der Waals surface area contributed by atoms with Gasteiger partial charge >= 0.3 is 10.4 Å². The predicted octanol–water partition coefficient (Wildman–Crippen LogP) is -0.568. The minimum Gasteiger partial charge on any atom is -0.412 e. The molecule has 0 radical (unpaired) electrons. The van der Waals surface area contributed by atoms with Gasteiger partial charge in [-0.25, -0.2) is 0 Å². The number of aliphatic hydroxyl groups is 1. The summed E-state index contributed by atoms with van der Waals surface area (Å²) >= 11 is 0. The number of nitrogens with one attached hydrogen (secondary N) is 1. The summed E-state index contributed by atoms with van der Waals surface area (Å²) in [6, 6.07) is 0. The lowest BCUT2D eigenvalue weighted by atomic mass is 9.85. The molecule has 9 heteroatoms. The van der Waals surface area contributed by atoms with Gasteiger partial charge in [0.05, 0.1) is 6.61 Å². The second kappa shape index (κ2) is 9.06. The maximum Gasteiger partial charge on any atom is 0.394 e. The lowest BCUT2D eigenvalue weighted by Crippen LogP contribution is -2.39. The van der Waals surface area contributed by atoms with Crippen LogP contribution in [0.4, 0.5) is 0 Å². The van der Waals surface area contributed by atoms with E-state index >= 15 is 0 Å². The summed E-state index contributed by atoms with van der Waals surface area (Å²) in [7, 11) is -4.67. The first-order chi connectivity index (χ1) is 8.61. The van der Waals surface area contributed by atoms with Crippen LogP contribution in [0.5, 0.6) is 0 Å². The maximum absolute atomic E-state index is 8.74. The van der Waals surface area contributed by atoms with Gasteiger partial charge in [0.2, 0.25) is 0 Å². The molecule has 0 fully saturated rings. The van der Waals surface area contributed by atoms with E-state index in [9.17, 15) is 0 Å².